The Balaban J connectivity index is 1.62. The number of hydrogen-bond acceptors (Lipinski definition) is 3. The monoisotopic (exact) mass is 250 g/mol. The number of carbonyl (C=O) groups excluding carboxylic acids is 1. The molecule has 18 heavy (non-hydrogen) atoms. The molecule has 2 rings (SSSR count). The summed E-state index contributed by atoms with van der Waals surface area (Å²) in [5.74, 6) is -0.0702. The summed E-state index contributed by atoms with van der Waals surface area (Å²) >= 11 is 0. The number of aromatic amines is 1. The van der Waals surface area contributed by atoms with E-state index in [1.54, 1.807) is 12.3 Å². The summed E-state index contributed by atoms with van der Waals surface area (Å²) in [6.07, 6.45) is 6.56. The largest absolute Gasteiger partial charge is 0.351 e. The summed E-state index contributed by atoms with van der Waals surface area (Å²) < 4.78 is 0. The lowest BCUT2D eigenvalue weighted by atomic mass is 10.0. The standard InChI is InChI=1S/C13H22N4O/c1-11-5-2-3-9-17(11)10-4-7-14-13(18)12-6-8-15-16-12/h6,8,11H,2-5,7,9-10H2,1H3,(H,14,18)(H,15,16)/t11-/m0/s1. The zero-order valence-electron chi connectivity index (χ0n) is 11.0. The van der Waals surface area contributed by atoms with Crippen LogP contribution in [-0.2, 0) is 0 Å². The minimum absolute atomic E-state index is 0.0702. The van der Waals surface area contributed by atoms with Crippen LogP contribution in [0, 0.1) is 0 Å². The highest BCUT2D eigenvalue weighted by Gasteiger charge is 2.17. The SMILES string of the molecule is C[C@H]1CCCCN1CCCNC(=O)c1ccn[nH]1. The van der Waals surface area contributed by atoms with Crippen molar-refractivity contribution in [2.75, 3.05) is 19.6 Å². The number of nitrogens with zero attached hydrogens (tertiary/aromatic N) is 2. The topological polar surface area (TPSA) is 61.0 Å². The average molecular weight is 250 g/mol. The van der Waals surface area contributed by atoms with Gasteiger partial charge in [0.25, 0.3) is 5.91 Å². The van der Waals surface area contributed by atoms with Crippen LogP contribution >= 0.6 is 0 Å². The van der Waals surface area contributed by atoms with Gasteiger partial charge in [0.2, 0.25) is 0 Å². The van der Waals surface area contributed by atoms with E-state index >= 15 is 0 Å². The predicted molar refractivity (Wildman–Crippen MR) is 70.4 cm³/mol. The predicted octanol–water partition coefficient (Wildman–Crippen LogP) is 1.40. The van der Waals surface area contributed by atoms with E-state index in [1.807, 2.05) is 0 Å². The second-order valence-electron chi connectivity index (χ2n) is 4.96. The Morgan fingerprint density at radius 1 is 1.61 bits per heavy atom. The molecule has 1 aromatic heterocycles. The molecule has 1 saturated heterocycles. The van der Waals surface area contributed by atoms with Gasteiger partial charge in [0.15, 0.2) is 0 Å². The van der Waals surface area contributed by atoms with Crippen LogP contribution in [0.25, 0.3) is 0 Å². The van der Waals surface area contributed by atoms with Gasteiger partial charge in [-0.3, -0.25) is 9.89 Å². The van der Waals surface area contributed by atoms with Crippen molar-refractivity contribution < 1.29 is 4.79 Å². The molecule has 0 spiro atoms. The molecule has 5 heteroatoms. The van der Waals surface area contributed by atoms with Crippen molar-refractivity contribution in [2.24, 2.45) is 0 Å². The van der Waals surface area contributed by atoms with E-state index in [9.17, 15) is 4.79 Å². The molecule has 5 nitrogen and oxygen atoms in total. The third kappa shape index (κ3) is 3.57. The van der Waals surface area contributed by atoms with E-state index in [-0.39, 0.29) is 5.91 Å². The number of hydrogen-bond donors (Lipinski definition) is 2. The van der Waals surface area contributed by atoms with Crippen molar-refractivity contribution in [2.45, 2.75) is 38.6 Å². The van der Waals surface area contributed by atoms with Crippen LogP contribution in [0.4, 0.5) is 0 Å². The molecule has 0 bridgehead atoms. The van der Waals surface area contributed by atoms with Crippen LogP contribution in [0.3, 0.4) is 0 Å². The van der Waals surface area contributed by atoms with Crippen LogP contribution < -0.4 is 5.32 Å². The van der Waals surface area contributed by atoms with E-state index in [0.29, 0.717) is 11.7 Å². The molecule has 1 amide bonds. The van der Waals surface area contributed by atoms with Crippen molar-refractivity contribution in [3.8, 4) is 0 Å². The summed E-state index contributed by atoms with van der Waals surface area (Å²) in [7, 11) is 0. The van der Waals surface area contributed by atoms with Gasteiger partial charge in [-0.25, -0.2) is 0 Å². The first-order valence-corrected chi connectivity index (χ1v) is 6.79. The first-order valence-electron chi connectivity index (χ1n) is 6.79. The summed E-state index contributed by atoms with van der Waals surface area (Å²) in [6.45, 7) is 5.30. The molecule has 0 aliphatic carbocycles. The lowest BCUT2D eigenvalue weighted by Gasteiger charge is -2.33. The van der Waals surface area contributed by atoms with Gasteiger partial charge in [-0.2, -0.15) is 5.10 Å². The number of nitrogens with one attached hydrogen (secondary N) is 2. The van der Waals surface area contributed by atoms with Crippen molar-refractivity contribution in [3.63, 3.8) is 0 Å². The number of carbonyl (C=O) groups is 1. The Hall–Kier alpha value is -1.36. The minimum atomic E-state index is -0.0702. The Labute approximate surface area is 108 Å². The fourth-order valence-corrected chi connectivity index (χ4v) is 2.45. The van der Waals surface area contributed by atoms with Crippen LogP contribution in [0.5, 0.6) is 0 Å². The molecule has 0 unspecified atom stereocenters. The van der Waals surface area contributed by atoms with E-state index < -0.39 is 0 Å². The van der Waals surface area contributed by atoms with Crippen LogP contribution in [0.2, 0.25) is 0 Å². The molecule has 1 fully saturated rings. The van der Waals surface area contributed by atoms with Gasteiger partial charge in [-0.15, -0.1) is 0 Å². The Bertz CT molecular complexity index is 363. The fourth-order valence-electron chi connectivity index (χ4n) is 2.45. The summed E-state index contributed by atoms with van der Waals surface area (Å²) in [5, 5.41) is 9.33. The molecule has 100 valence electrons. The number of aromatic nitrogens is 2. The van der Waals surface area contributed by atoms with Crippen molar-refractivity contribution in [1.82, 2.24) is 20.4 Å². The molecule has 1 atom stereocenters. The first-order chi connectivity index (χ1) is 8.77. The molecular formula is C13H22N4O. The van der Waals surface area contributed by atoms with E-state index in [0.717, 1.165) is 19.5 Å². The number of piperidine rings is 1. The molecule has 1 aliphatic rings. The fraction of sp³-hybridized carbons (Fsp3) is 0.692. The molecule has 1 aromatic rings. The zero-order valence-corrected chi connectivity index (χ0v) is 11.0. The number of rotatable bonds is 5. The average Bonchev–Trinajstić information content (AvgIpc) is 2.90. The molecule has 0 aromatic carbocycles. The van der Waals surface area contributed by atoms with Gasteiger partial charge in [-0.1, -0.05) is 6.42 Å². The quantitative estimate of drug-likeness (QED) is 0.777. The molecule has 0 radical (unpaired) electrons. The second-order valence-corrected chi connectivity index (χ2v) is 4.96. The van der Waals surface area contributed by atoms with Crippen LogP contribution in [-0.4, -0.2) is 46.7 Å². The normalized spacial score (nSPS) is 20.8. The van der Waals surface area contributed by atoms with Crippen LogP contribution in [0.15, 0.2) is 12.3 Å². The van der Waals surface area contributed by atoms with Gasteiger partial charge >= 0.3 is 0 Å². The molecule has 2 N–H and O–H groups in total. The van der Waals surface area contributed by atoms with E-state index in [1.165, 1.54) is 25.8 Å². The highest BCUT2D eigenvalue weighted by Crippen LogP contribution is 2.15. The van der Waals surface area contributed by atoms with Gasteiger partial charge in [0.05, 0.1) is 0 Å². The molecule has 0 saturated carbocycles. The lowest BCUT2D eigenvalue weighted by Crippen LogP contribution is -2.39. The Morgan fingerprint density at radius 2 is 2.50 bits per heavy atom. The van der Waals surface area contributed by atoms with Crippen molar-refractivity contribution in [3.05, 3.63) is 18.0 Å². The van der Waals surface area contributed by atoms with Gasteiger partial charge < -0.3 is 10.2 Å². The molecule has 2 heterocycles. The lowest BCUT2D eigenvalue weighted by molar-refractivity contribution is 0.0944. The van der Waals surface area contributed by atoms with Gasteiger partial charge in [-0.05, 0) is 38.8 Å². The Kier molecular flexibility index (Phi) is 4.75. The maximum Gasteiger partial charge on any atom is 0.269 e. The number of H-pyrrole nitrogens is 1. The Morgan fingerprint density at radius 3 is 3.22 bits per heavy atom. The third-order valence-corrected chi connectivity index (χ3v) is 3.59. The maximum absolute atomic E-state index is 11.6. The van der Waals surface area contributed by atoms with Crippen molar-refractivity contribution in [1.29, 1.82) is 0 Å². The smallest absolute Gasteiger partial charge is 0.269 e. The summed E-state index contributed by atoms with van der Waals surface area (Å²) in [4.78, 5) is 14.1. The summed E-state index contributed by atoms with van der Waals surface area (Å²) in [6, 6.07) is 2.38. The van der Waals surface area contributed by atoms with Crippen LogP contribution in [0.1, 0.15) is 43.1 Å². The molecule has 1 aliphatic heterocycles. The third-order valence-electron chi connectivity index (χ3n) is 3.59. The molecular weight excluding hydrogens is 228 g/mol. The number of likely N-dealkylation sites (tertiary alicyclic amines) is 1. The highest BCUT2D eigenvalue weighted by molar-refractivity contribution is 5.91. The van der Waals surface area contributed by atoms with Crippen molar-refractivity contribution >= 4 is 5.91 Å². The second kappa shape index (κ2) is 6.54. The minimum Gasteiger partial charge on any atom is -0.351 e. The highest BCUT2D eigenvalue weighted by atomic mass is 16.1. The zero-order chi connectivity index (χ0) is 12.8. The maximum atomic E-state index is 11.6. The summed E-state index contributed by atoms with van der Waals surface area (Å²) in [5.41, 5.74) is 0.529. The van der Waals surface area contributed by atoms with Gasteiger partial charge in [0.1, 0.15) is 5.69 Å². The van der Waals surface area contributed by atoms with E-state index in [4.69, 9.17) is 0 Å². The first kappa shape index (κ1) is 13.1. The van der Waals surface area contributed by atoms with E-state index in [2.05, 4.69) is 27.3 Å². The van der Waals surface area contributed by atoms with Gasteiger partial charge in [0, 0.05) is 25.3 Å². The number of amides is 1.